The van der Waals surface area contributed by atoms with E-state index in [1.807, 2.05) is 90.4 Å². The van der Waals surface area contributed by atoms with Gasteiger partial charge in [-0.3, -0.25) is 14.4 Å². The Morgan fingerprint density at radius 1 is 0.778 bits per heavy atom. The molecule has 0 fully saturated rings. The van der Waals surface area contributed by atoms with E-state index in [2.05, 4.69) is 10.6 Å². The number of hydrogen-bond acceptors (Lipinski definition) is 3. The lowest BCUT2D eigenvalue weighted by Crippen LogP contribution is -2.31. The van der Waals surface area contributed by atoms with Crippen LogP contribution in [0.4, 0.5) is 5.69 Å². The molecular weight excluding hydrogens is 450 g/mol. The van der Waals surface area contributed by atoms with Crippen LogP contribution in [0.3, 0.4) is 0 Å². The van der Waals surface area contributed by atoms with Crippen LogP contribution in [0.2, 0.25) is 0 Å². The number of fused-ring (bicyclic) bond motifs is 2. The summed E-state index contributed by atoms with van der Waals surface area (Å²) in [5.41, 5.74) is 3.48. The third-order valence-corrected chi connectivity index (χ3v) is 6.24. The predicted octanol–water partition coefficient (Wildman–Crippen LogP) is 5.28. The van der Waals surface area contributed by atoms with Crippen LogP contribution < -0.4 is 16.1 Å². The van der Waals surface area contributed by atoms with E-state index in [-0.39, 0.29) is 29.8 Å². The monoisotopic (exact) mass is 475 g/mol. The number of para-hydroxylation sites is 2. The highest BCUT2D eigenvalue weighted by Gasteiger charge is 2.15. The normalized spacial score (nSPS) is 11.8. The number of carbonyl (C=O) groups is 2. The van der Waals surface area contributed by atoms with Gasteiger partial charge in [0.2, 0.25) is 5.91 Å². The lowest BCUT2D eigenvalue weighted by Gasteiger charge is -2.18. The second kappa shape index (κ2) is 9.88. The summed E-state index contributed by atoms with van der Waals surface area (Å²) >= 11 is 0. The Kier molecular flexibility index (Phi) is 6.33. The van der Waals surface area contributed by atoms with Crippen molar-refractivity contribution in [3.8, 4) is 0 Å². The highest BCUT2D eigenvalue weighted by molar-refractivity contribution is 6.04. The fourth-order valence-corrected chi connectivity index (χ4v) is 4.44. The fourth-order valence-electron chi connectivity index (χ4n) is 4.44. The van der Waals surface area contributed by atoms with Crippen LogP contribution in [0.1, 0.15) is 28.9 Å². The standard InChI is InChI=1S/C30H25N3O3/c1-20(22-12-9-13-23(18-22)32-30(36)21-10-3-2-4-11-21)31-28(34)19-33-26-16-7-5-14-24(26)29(35)25-15-6-8-17-27(25)33/h2-18,20H,19H2,1H3,(H,31,34)(H,32,36). The van der Waals surface area contributed by atoms with E-state index in [1.54, 1.807) is 24.3 Å². The van der Waals surface area contributed by atoms with E-state index in [4.69, 9.17) is 0 Å². The van der Waals surface area contributed by atoms with Gasteiger partial charge in [0, 0.05) is 22.0 Å². The number of nitrogens with zero attached hydrogens (tertiary/aromatic N) is 1. The third kappa shape index (κ3) is 4.61. The first kappa shape index (κ1) is 23.1. The molecule has 0 radical (unpaired) electrons. The summed E-state index contributed by atoms with van der Waals surface area (Å²) in [4.78, 5) is 38.6. The number of rotatable bonds is 6. The van der Waals surface area contributed by atoms with Crippen molar-refractivity contribution in [1.29, 1.82) is 0 Å². The van der Waals surface area contributed by atoms with Crippen molar-refractivity contribution in [2.24, 2.45) is 0 Å². The Morgan fingerprint density at radius 2 is 1.39 bits per heavy atom. The number of aromatic nitrogens is 1. The molecular formula is C30H25N3O3. The lowest BCUT2D eigenvalue weighted by molar-refractivity contribution is -0.122. The molecule has 0 saturated heterocycles. The van der Waals surface area contributed by atoms with E-state index in [0.29, 0.717) is 22.0 Å². The van der Waals surface area contributed by atoms with Crippen molar-refractivity contribution >= 4 is 39.3 Å². The van der Waals surface area contributed by atoms with Crippen LogP contribution in [0.5, 0.6) is 0 Å². The first-order valence-corrected chi connectivity index (χ1v) is 11.8. The molecule has 1 aromatic heterocycles. The molecule has 6 heteroatoms. The number of carbonyl (C=O) groups excluding carboxylic acids is 2. The van der Waals surface area contributed by atoms with E-state index >= 15 is 0 Å². The van der Waals surface area contributed by atoms with Crippen LogP contribution in [-0.2, 0) is 11.3 Å². The Morgan fingerprint density at radius 3 is 2.06 bits per heavy atom. The maximum absolute atomic E-state index is 13.1. The van der Waals surface area contributed by atoms with Crippen molar-refractivity contribution in [2.75, 3.05) is 5.32 Å². The van der Waals surface area contributed by atoms with Gasteiger partial charge in [-0.05, 0) is 61.0 Å². The van der Waals surface area contributed by atoms with Gasteiger partial charge < -0.3 is 15.2 Å². The summed E-state index contributed by atoms with van der Waals surface area (Å²) in [5.74, 6) is -0.374. The topological polar surface area (TPSA) is 80.2 Å². The Labute approximate surface area is 208 Å². The van der Waals surface area contributed by atoms with E-state index in [1.165, 1.54) is 0 Å². The molecule has 0 spiro atoms. The molecule has 2 amide bonds. The van der Waals surface area contributed by atoms with Gasteiger partial charge in [-0.1, -0.05) is 54.6 Å². The third-order valence-electron chi connectivity index (χ3n) is 6.24. The Hall–Kier alpha value is -4.71. The van der Waals surface area contributed by atoms with Gasteiger partial charge in [-0.15, -0.1) is 0 Å². The zero-order valence-corrected chi connectivity index (χ0v) is 19.8. The largest absolute Gasteiger partial charge is 0.348 e. The minimum absolute atomic E-state index is 0.0411. The molecule has 5 aromatic rings. The van der Waals surface area contributed by atoms with Gasteiger partial charge in [0.05, 0.1) is 17.1 Å². The molecule has 0 aliphatic heterocycles. The van der Waals surface area contributed by atoms with Gasteiger partial charge in [-0.2, -0.15) is 0 Å². The summed E-state index contributed by atoms with van der Waals surface area (Å²) in [5, 5.41) is 7.12. The van der Waals surface area contributed by atoms with Gasteiger partial charge in [-0.25, -0.2) is 0 Å². The highest BCUT2D eigenvalue weighted by atomic mass is 16.2. The number of amides is 2. The van der Waals surface area contributed by atoms with E-state index in [0.717, 1.165) is 16.6 Å². The molecule has 36 heavy (non-hydrogen) atoms. The minimum atomic E-state index is -0.289. The van der Waals surface area contributed by atoms with Crippen LogP contribution in [0.15, 0.2) is 108 Å². The van der Waals surface area contributed by atoms with Crippen molar-refractivity contribution in [3.63, 3.8) is 0 Å². The molecule has 0 aliphatic carbocycles. The molecule has 1 atom stereocenters. The van der Waals surface area contributed by atoms with Crippen molar-refractivity contribution in [2.45, 2.75) is 19.5 Å². The maximum Gasteiger partial charge on any atom is 0.255 e. The molecule has 1 heterocycles. The first-order chi connectivity index (χ1) is 17.5. The number of nitrogens with one attached hydrogen (secondary N) is 2. The van der Waals surface area contributed by atoms with Gasteiger partial charge in [0.1, 0.15) is 6.54 Å². The highest BCUT2D eigenvalue weighted by Crippen LogP contribution is 2.21. The van der Waals surface area contributed by atoms with Crippen LogP contribution >= 0.6 is 0 Å². The first-order valence-electron chi connectivity index (χ1n) is 11.8. The summed E-state index contributed by atoms with van der Waals surface area (Å²) in [6.07, 6.45) is 0. The molecule has 2 N–H and O–H groups in total. The molecule has 6 nitrogen and oxygen atoms in total. The number of anilines is 1. The summed E-state index contributed by atoms with van der Waals surface area (Å²) in [6, 6.07) is 30.8. The molecule has 0 saturated carbocycles. The lowest BCUT2D eigenvalue weighted by atomic mass is 10.1. The molecule has 1 unspecified atom stereocenters. The molecule has 178 valence electrons. The summed E-state index contributed by atoms with van der Waals surface area (Å²) < 4.78 is 1.88. The number of benzene rings is 4. The molecule has 4 aromatic carbocycles. The van der Waals surface area contributed by atoms with Crippen LogP contribution in [0.25, 0.3) is 21.8 Å². The molecule has 5 rings (SSSR count). The Balaban J connectivity index is 1.36. The zero-order chi connectivity index (χ0) is 25.1. The second-order valence-electron chi connectivity index (χ2n) is 8.68. The van der Waals surface area contributed by atoms with Crippen LogP contribution in [-0.4, -0.2) is 16.4 Å². The number of pyridine rings is 1. The van der Waals surface area contributed by atoms with Gasteiger partial charge >= 0.3 is 0 Å². The van der Waals surface area contributed by atoms with E-state index < -0.39 is 0 Å². The Bertz CT molecular complexity index is 1580. The predicted molar refractivity (Wildman–Crippen MR) is 143 cm³/mol. The zero-order valence-electron chi connectivity index (χ0n) is 19.8. The summed E-state index contributed by atoms with van der Waals surface area (Å²) in [7, 11) is 0. The fraction of sp³-hybridized carbons (Fsp3) is 0.100. The van der Waals surface area contributed by atoms with Gasteiger partial charge in [0.15, 0.2) is 5.43 Å². The van der Waals surface area contributed by atoms with Gasteiger partial charge in [0.25, 0.3) is 5.91 Å². The average molecular weight is 476 g/mol. The second-order valence-corrected chi connectivity index (χ2v) is 8.68. The van der Waals surface area contributed by atoms with Crippen molar-refractivity contribution in [3.05, 3.63) is 124 Å². The SMILES string of the molecule is CC(NC(=O)Cn1c2ccccc2c(=O)c2ccccc21)c1cccc(NC(=O)c2ccccc2)c1. The molecule has 0 bridgehead atoms. The van der Waals surface area contributed by atoms with Crippen LogP contribution in [0, 0.1) is 0 Å². The quantitative estimate of drug-likeness (QED) is 0.328. The molecule has 0 aliphatic rings. The van der Waals surface area contributed by atoms with E-state index in [9.17, 15) is 14.4 Å². The summed E-state index contributed by atoms with van der Waals surface area (Å²) in [6.45, 7) is 1.97. The minimum Gasteiger partial charge on any atom is -0.348 e. The number of hydrogen-bond donors (Lipinski definition) is 2. The maximum atomic E-state index is 13.1. The van der Waals surface area contributed by atoms with Crippen molar-refractivity contribution in [1.82, 2.24) is 9.88 Å². The van der Waals surface area contributed by atoms with Crippen molar-refractivity contribution < 1.29 is 9.59 Å². The smallest absolute Gasteiger partial charge is 0.255 e. The average Bonchev–Trinajstić information content (AvgIpc) is 2.91.